The highest BCUT2D eigenvalue weighted by Gasteiger charge is 2.32. The Balaban J connectivity index is 1.49. The maximum atomic E-state index is 12.7. The Kier molecular flexibility index (Phi) is 5.37. The highest BCUT2D eigenvalue weighted by atomic mass is 16.2. The van der Waals surface area contributed by atoms with Crippen molar-refractivity contribution in [2.75, 3.05) is 26.2 Å². The lowest BCUT2D eigenvalue weighted by Crippen LogP contribution is -3.11. The standard InChI is InChI=1S/C20H30N2O/c1-16-5-3-7-18(13-16)15-21-11-8-19(9-12-21)20(23)22-10-4-6-17(2)14-22/h3,5,7,13,17,19H,4,6,8-12,14-15H2,1-2H3/p+1/t17-/m1/s1. The van der Waals surface area contributed by atoms with Gasteiger partial charge < -0.3 is 9.80 Å². The third kappa shape index (κ3) is 4.35. The fourth-order valence-electron chi connectivity index (χ4n) is 4.21. The van der Waals surface area contributed by atoms with E-state index in [1.807, 2.05) is 0 Å². The summed E-state index contributed by atoms with van der Waals surface area (Å²) in [7, 11) is 0. The van der Waals surface area contributed by atoms with E-state index in [9.17, 15) is 4.79 Å². The number of carbonyl (C=O) groups excluding carboxylic acids is 1. The lowest BCUT2D eigenvalue weighted by Gasteiger charge is -2.36. The molecule has 3 heteroatoms. The second kappa shape index (κ2) is 7.48. The van der Waals surface area contributed by atoms with E-state index in [1.165, 1.54) is 24.0 Å². The van der Waals surface area contributed by atoms with Gasteiger partial charge in [0.25, 0.3) is 0 Å². The minimum atomic E-state index is 0.279. The summed E-state index contributed by atoms with van der Waals surface area (Å²) >= 11 is 0. The van der Waals surface area contributed by atoms with Crippen LogP contribution in [0.1, 0.15) is 43.7 Å². The van der Waals surface area contributed by atoms with Gasteiger partial charge in [-0.25, -0.2) is 0 Å². The van der Waals surface area contributed by atoms with Crippen LogP contribution in [0.15, 0.2) is 24.3 Å². The van der Waals surface area contributed by atoms with Gasteiger partial charge in [0.15, 0.2) is 0 Å². The zero-order chi connectivity index (χ0) is 16.2. The van der Waals surface area contributed by atoms with Crippen LogP contribution in [-0.2, 0) is 11.3 Å². The topological polar surface area (TPSA) is 24.8 Å². The van der Waals surface area contributed by atoms with E-state index < -0.39 is 0 Å². The summed E-state index contributed by atoms with van der Waals surface area (Å²) in [6.07, 6.45) is 4.59. The summed E-state index contributed by atoms with van der Waals surface area (Å²) in [6, 6.07) is 8.83. The first-order chi connectivity index (χ1) is 11.1. The Hall–Kier alpha value is -1.35. The number of benzene rings is 1. The molecular formula is C20H31N2O+. The van der Waals surface area contributed by atoms with Crippen LogP contribution < -0.4 is 4.90 Å². The molecule has 3 nitrogen and oxygen atoms in total. The number of quaternary nitrogens is 1. The van der Waals surface area contributed by atoms with Gasteiger partial charge in [-0.05, 0) is 25.7 Å². The Morgan fingerprint density at radius 1 is 1.26 bits per heavy atom. The number of aryl methyl sites for hydroxylation is 1. The van der Waals surface area contributed by atoms with Crippen LogP contribution in [-0.4, -0.2) is 37.0 Å². The van der Waals surface area contributed by atoms with Gasteiger partial charge in [0.05, 0.1) is 13.1 Å². The SMILES string of the molecule is Cc1cccc(C[NH+]2CCC(C(=O)N3CCC[C@@H](C)C3)CC2)c1. The Morgan fingerprint density at radius 2 is 2.04 bits per heavy atom. The first-order valence-electron chi connectivity index (χ1n) is 9.29. The molecule has 0 aromatic heterocycles. The van der Waals surface area contributed by atoms with E-state index in [-0.39, 0.29) is 5.92 Å². The predicted molar refractivity (Wildman–Crippen MR) is 93.3 cm³/mol. The molecule has 0 radical (unpaired) electrons. The third-order valence-corrected chi connectivity index (χ3v) is 5.55. The van der Waals surface area contributed by atoms with Gasteiger partial charge in [0, 0.05) is 37.4 Å². The molecular weight excluding hydrogens is 284 g/mol. The molecule has 2 aliphatic heterocycles. The first-order valence-corrected chi connectivity index (χ1v) is 9.29. The molecule has 0 aliphatic carbocycles. The second-order valence-corrected chi connectivity index (χ2v) is 7.72. The van der Waals surface area contributed by atoms with Crippen LogP contribution in [0.3, 0.4) is 0 Å². The van der Waals surface area contributed by atoms with E-state index in [1.54, 1.807) is 4.90 Å². The third-order valence-electron chi connectivity index (χ3n) is 5.55. The van der Waals surface area contributed by atoms with Gasteiger partial charge in [0.1, 0.15) is 6.54 Å². The van der Waals surface area contributed by atoms with E-state index in [4.69, 9.17) is 0 Å². The molecule has 126 valence electrons. The van der Waals surface area contributed by atoms with Crippen LogP contribution in [0, 0.1) is 18.8 Å². The Labute approximate surface area is 140 Å². The van der Waals surface area contributed by atoms with Crippen LogP contribution in [0.5, 0.6) is 0 Å². The van der Waals surface area contributed by atoms with Crippen molar-refractivity contribution >= 4 is 5.91 Å². The van der Waals surface area contributed by atoms with Crippen LogP contribution in [0.4, 0.5) is 0 Å². The minimum Gasteiger partial charge on any atom is -0.342 e. The van der Waals surface area contributed by atoms with Crippen molar-refractivity contribution in [3.63, 3.8) is 0 Å². The largest absolute Gasteiger partial charge is 0.342 e. The van der Waals surface area contributed by atoms with Gasteiger partial charge >= 0.3 is 0 Å². The molecule has 3 rings (SSSR count). The molecule has 0 bridgehead atoms. The average Bonchev–Trinajstić information content (AvgIpc) is 2.55. The van der Waals surface area contributed by atoms with Crippen molar-refractivity contribution in [2.24, 2.45) is 11.8 Å². The van der Waals surface area contributed by atoms with Crippen LogP contribution in [0.25, 0.3) is 0 Å². The molecule has 1 aromatic rings. The summed E-state index contributed by atoms with van der Waals surface area (Å²) < 4.78 is 0. The molecule has 0 spiro atoms. The Morgan fingerprint density at radius 3 is 2.74 bits per heavy atom. The maximum Gasteiger partial charge on any atom is 0.226 e. The number of carbonyl (C=O) groups is 1. The van der Waals surface area contributed by atoms with Gasteiger partial charge in [0.2, 0.25) is 5.91 Å². The monoisotopic (exact) mass is 315 g/mol. The van der Waals surface area contributed by atoms with E-state index >= 15 is 0 Å². The molecule has 2 heterocycles. The molecule has 23 heavy (non-hydrogen) atoms. The van der Waals surface area contributed by atoms with Gasteiger partial charge in [-0.1, -0.05) is 36.8 Å². The summed E-state index contributed by atoms with van der Waals surface area (Å²) in [5.74, 6) is 1.40. The molecule has 1 atom stereocenters. The van der Waals surface area contributed by atoms with Crippen molar-refractivity contribution in [1.82, 2.24) is 4.90 Å². The average molecular weight is 315 g/mol. The molecule has 0 saturated carbocycles. The molecule has 2 saturated heterocycles. The van der Waals surface area contributed by atoms with Crippen LogP contribution in [0.2, 0.25) is 0 Å². The van der Waals surface area contributed by atoms with Crippen molar-refractivity contribution < 1.29 is 9.69 Å². The summed E-state index contributed by atoms with van der Waals surface area (Å²) in [6.45, 7) is 9.76. The summed E-state index contributed by atoms with van der Waals surface area (Å²) in [5, 5.41) is 0. The quantitative estimate of drug-likeness (QED) is 0.907. The molecule has 1 amide bonds. The molecule has 2 aliphatic rings. The number of nitrogens with zero attached hydrogens (tertiary/aromatic N) is 1. The number of piperidine rings is 2. The second-order valence-electron chi connectivity index (χ2n) is 7.72. The summed E-state index contributed by atoms with van der Waals surface area (Å²) in [5.41, 5.74) is 2.76. The highest BCUT2D eigenvalue weighted by Crippen LogP contribution is 2.20. The fourth-order valence-corrected chi connectivity index (χ4v) is 4.21. The van der Waals surface area contributed by atoms with E-state index in [2.05, 4.69) is 43.0 Å². The molecule has 1 N–H and O–H groups in total. The van der Waals surface area contributed by atoms with Gasteiger partial charge in [-0.15, -0.1) is 0 Å². The summed E-state index contributed by atoms with van der Waals surface area (Å²) in [4.78, 5) is 16.5. The number of hydrogen-bond donors (Lipinski definition) is 1. The molecule has 2 fully saturated rings. The maximum absolute atomic E-state index is 12.7. The smallest absolute Gasteiger partial charge is 0.226 e. The van der Waals surface area contributed by atoms with Crippen molar-refractivity contribution in [2.45, 2.75) is 46.1 Å². The van der Waals surface area contributed by atoms with E-state index in [0.717, 1.165) is 45.6 Å². The zero-order valence-corrected chi connectivity index (χ0v) is 14.7. The van der Waals surface area contributed by atoms with Gasteiger partial charge in [-0.2, -0.15) is 0 Å². The van der Waals surface area contributed by atoms with Gasteiger partial charge in [-0.3, -0.25) is 4.79 Å². The molecule has 0 unspecified atom stereocenters. The van der Waals surface area contributed by atoms with Crippen LogP contribution >= 0.6 is 0 Å². The van der Waals surface area contributed by atoms with Crippen molar-refractivity contribution in [1.29, 1.82) is 0 Å². The minimum absolute atomic E-state index is 0.279. The molecule has 1 aromatic carbocycles. The highest BCUT2D eigenvalue weighted by molar-refractivity contribution is 5.79. The van der Waals surface area contributed by atoms with E-state index in [0.29, 0.717) is 11.8 Å². The Bertz CT molecular complexity index is 534. The number of rotatable bonds is 3. The predicted octanol–water partition coefficient (Wildman–Crippen LogP) is 2.05. The number of nitrogens with one attached hydrogen (secondary N) is 1. The van der Waals surface area contributed by atoms with Crippen molar-refractivity contribution in [3.8, 4) is 0 Å². The lowest BCUT2D eigenvalue weighted by atomic mass is 9.92. The first kappa shape index (κ1) is 16.5. The fraction of sp³-hybridized carbons (Fsp3) is 0.650. The zero-order valence-electron chi connectivity index (χ0n) is 14.7. The van der Waals surface area contributed by atoms with Crippen molar-refractivity contribution in [3.05, 3.63) is 35.4 Å². The number of amides is 1. The lowest BCUT2D eigenvalue weighted by molar-refractivity contribution is -0.919. The number of likely N-dealkylation sites (tertiary alicyclic amines) is 2. The normalized spacial score (nSPS) is 28.6. The number of hydrogen-bond acceptors (Lipinski definition) is 1.